The van der Waals surface area contributed by atoms with Gasteiger partial charge in [0.1, 0.15) is 5.76 Å². The van der Waals surface area contributed by atoms with Crippen LogP contribution in [0.2, 0.25) is 0 Å². The molecule has 7 nitrogen and oxygen atoms in total. The van der Waals surface area contributed by atoms with Crippen molar-refractivity contribution in [3.8, 4) is 0 Å². The Morgan fingerprint density at radius 2 is 1.67 bits per heavy atom. The molecule has 0 saturated carbocycles. The molecule has 1 heterocycles. The number of carbonyl (C=O) groups excluding carboxylic acids is 3. The Kier molecular flexibility index (Phi) is 5.95. The highest BCUT2D eigenvalue weighted by Gasteiger charge is 2.21. The van der Waals surface area contributed by atoms with Crippen LogP contribution in [0.15, 0.2) is 22.8 Å². The summed E-state index contributed by atoms with van der Waals surface area (Å²) >= 11 is 0. The van der Waals surface area contributed by atoms with Crippen molar-refractivity contribution in [2.45, 2.75) is 27.3 Å². The van der Waals surface area contributed by atoms with Crippen LogP contribution < -0.4 is 16.0 Å². The molecule has 0 spiro atoms. The van der Waals surface area contributed by atoms with Gasteiger partial charge in [0, 0.05) is 5.41 Å². The van der Waals surface area contributed by atoms with Crippen LogP contribution in [0.4, 0.5) is 0 Å². The van der Waals surface area contributed by atoms with Gasteiger partial charge in [0.15, 0.2) is 0 Å². The minimum absolute atomic E-state index is 0.148. The summed E-state index contributed by atoms with van der Waals surface area (Å²) < 4.78 is 5.06. The van der Waals surface area contributed by atoms with Gasteiger partial charge in [0.25, 0.3) is 0 Å². The van der Waals surface area contributed by atoms with Crippen molar-refractivity contribution >= 4 is 17.7 Å². The van der Waals surface area contributed by atoms with Gasteiger partial charge in [-0.05, 0) is 12.1 Å². The molecule has 3 amide bonds. The number of nitrogens with one attached hydrogen (secondary N) is 3. The van der Waals surface area contributed by atoms with Crippen LogP contribution in [0.5, 0.6) is 0 Å². The predicted octanol–water partition coefficient (Wildman–Crippen LogP) is 0.174. The molecule has 1 aromatic heterocycles. The zero-order valence-electron chi connectivity index (χ0n) is 12.5. The molecule has 7 heteroatoms. The van der Waals surface area contributed by atoms with Crippen molar-refractivity contribution in [3.63, 3.8) is 0 Å². The second-order valence-corrected chi connectivity index (χ2v) is 5.57. The second-order valence-electron chi connectivity index (χ2n) is 5.57. The molecular weight excluding hydrogens is 274 g/mol. The Hall–Kier alpha value is -2.31. The standard InChI is InChI=1S/C14H21N3O4/c1-14(2,3)13(20)17-9-12(19)16-8-11(18)15-7-10-5-4-6-21-10/h4-6H,7-9H2,1-3H3,(H,15,18)(H,16,19)(H,17,20). The van der Waals surface area contributed by atoms with Gasteiger partial charge in [-0.15, -0.1) is 0 Å². The van der Waals surface area contributed by atoms with E-state index in [-0.39, 0.29) is 31.4 Å². The van der Waals surface area contributed by atoms with E-state index in [2.05, 4.69) is 16.0 Å². The zero-order chi connectivity index (χ0) is 15.9. The van der Waals surface area contributed by atoms with E-state index in [1.54, 1.807) is 32.9 Å². The average Bonchev–Trinajstić information content (AvgIpc) is 2.92. The van der Waals surface area contributed by atoms with Gasteiger partial charge in [0.2, 0.25) is 17.7 Å². The van der Waals surface area contributed by atoms with E-state index in [0.717, 1.165) is 0 Å². The molecule has 0 unspecified atom stereocenters. The van der Waals surface area contributed by atoms with Crippen LogP contribution in [0, 0.1) is 5.41 Å². The summed E-state index contributed by atoms with van der Waals surface area (Å²) in [4.78, 5) is 34.5. The smallest absolute Gasteiger partial charge is 0.239 e. The third-order valence-corrected chi connectivity index (χ3v) is 2.58. The number of carbonyl (C=O) groups is 3. The number of hydrogen-bond donors (Lipinski definition) is 3. The quantitative estimate of drug-likeness (QED) is 0.696. The van der Waals surface area contributed by atoms with Gasteiger partial charge < -0.3 is 20.4 Å². The molecule has 0 radical (unpaired) electrons. The molecule has 0 aliphatic heterocycles. The van der Waals surface area contributed by atoms with Crippen LogP contribution in [-0.4, -0.2) is 30.8 Å². The Labute approximate surface area is 123 Å². The molecule has 0 fully saturated rings. The van der Waals surface area contributed by atoms with E-state index in [1.165, 1.54) is 6.26 Å². The summed E-state index contributed by atoms with van der Waals surface area (Å²) in [6, 6.07) is 3.46. The summed E-state index contributed by atoms with van der Waals surface area (Å²) in [5, 5.41) is 7.52. The molecule has 116 valence electrons. The van der Waals surface area contributed by atoms with Gasteiger partial charge >= 0.3 is 0 Å². The third kappa shape index (κ3) is 6.60. The maximum absolute atomic E-state index is 11.6. The molecule has 1 aromatic rings. The lowest BCUT2D eigenvalue weighted by molar-refractivity contribution is -0.131. The molecule has 1 rings (SSSR count). The summed E-state index contributed by atoms with van der Waals surface area (Å²) in [5.41, 5.74) is -0.555. The fourth-order valence-corrected chi connectivity index (χ4v) is 1.33. The molecule has 0 aromatic carbocycles. The van der Waals surface area contributed by atoms with Gasteiger partial charge in [-0.3, -0.25) is 14.4 Å². The predicted molar refractivity (Wildman–Crippen MR) is 76.0 cm³/mol. The molecule has 0 aliphatic carbocycles. The lowest BCUT2D eigenvalue weighted by Crippen LogP contribution is -2.44. The van der Waals surface area contributed by atoms with E-state index in [9.17, 15) is 14.4 Å². The first-order valence-corrected chi connectivity index (χ1v) is 6.63. The SMILES string of the molecule is CC(C)(C)C(=O)NCC(=O)NCC(=O)NCc1ccco1. The molecule has 0 saturated heterocycles. The first-order chi connectivity index (χ1) is 9.79. The van der Waals surface area contributed by atoms with Gasteiger partial charge in [0.05, 0.1) is 25.9 Å². The molecule has 3 N–H and O–H groups in total. The van der Waals surface area contributed by atoms with E-state index < -0.39 is 11.3 Å². The van der Waals surface area contributed by atoms with Crippen molar-refractivity contribution in [1.29, 1.82) is 0 Å². The third-order valence-electron chi connectivity index (χ3n) is 2.58. The lowest BCUT2D eigenvalue weighted by atomic mass is 9.96. The molecule has 0 bridgehead atoms. The van der Waals surface area contributed by atoms with Crippen LogP contribution in [-0.2, 0) is 20.9 Å². The van der Waals surface area contributed by atoms with Gasteiger partial charge in [-0.2, -0.15) is 0 Å². The van der Waals surface area contributed by atoms with E-state index in [1.807, 2.05) is 0 Å². The lowest BCUT2D eigenvalue weighted by Gasteiger charge is -2.17. The highest BCUT2D eigenvalue weighted by molar-refractivity contribution is 5.89. The maximum atomic E-state index is 11.6. The Balaban J connectivity index is 2.17. The minimum atomic E-state index is -0.555. The largest absolute Gasteiger partial charge is 0.467 e. The number of hydrogen-bond acceptors (Lipinski definition) is 4. The number of rotatable bonds is 6. The van der Waals surface area contributed by atoms with Crippen molar-refractivity contribution in [2.75, 3.05) is 13.1 Å². The highest BCUT2D eigenvalue weighted by atomic mass is 16.3. The fourth-order valence-electron chi connectivity index (χ4n) is 1.33. The van der Waals surface area contributed by atoms with Gasteiger partial charge in [-0.1, -0.05) is 20.8 Å². The van der Waals surface area contributed by atoms with Crippen molar-refractivity contribution in [1.82, 2.24) is 16.0 Å². The van der Waals surface area contributed by atoms with Crippen LogP contribution >= 0.6 is 0 Å². The van der Waals surface area contributed by atoms with Crippen molar-refractivity contribution in [3.05, 3.63) is 24.2 Å². The summed E-state index contributed by atoms with van der Waals surface area (Å²) in [5.74, 6) is -0.338. The summed E-state index contributed by atoms with van der Waals surface area (Å²) in [6.45, 7) is 5.22. The first kappa shape index (κ1) is 16.7. The van der Waals surface area contributed by atoms with Crippen LogP contribution in [0.25, 0.3) is 0 Å². The fraction of sp³-hybridized carbons (Fsp3) is 0.500. The molecule has 0 atom stereocenters. The Morgan fingerprint density at radius 1 is 1.05 bits per heavy atom. The molecular formula is C14H21N3O4. The highest BCUT2D eigenvalue weighted by Crippen LogP contribution is 2.11. The molecule has 0 aliphatic rings. The summed E-state index contributed by atoms with van der Waals surface area (Å²) in [6.07, 6.45) is 1.52. The van der Waals surface area contributed by atoms with E-state index >= 15 is 0 Å². The van der Waals surface area contributed by atoms with Gasteiger partial charge in [-0.25, -0.2) is 0 Å². The summed E-state index contributed by atoms with van der Waals surface area (Å²) in [7, 11) is 0. The second kappa shape index (κ2) is 7.47. The number of amides is 3. The maximum Gasteiger partial charge on any atom is 0.239 e. The number of furan rings is 1. The molecule has 21 heavy (non-hydrogen) atoms. The van der Waals surface area contributed by atoms with Crippen molar-refractivity contribution < 1.29 is 18.8 Å². The average molecular weight is 295 g/mol. The van der Waals surface area contributed by atoms with E-state index in [4.69, 9.17) is 4.42 Å². The topological polar surface area (TPSA) is 100 Å². The normalized spacial score (nSPS) is 10.8. The minimum Gasteiger partial charge on any atom is -0.467 e. The Bertz CT molecular complexity index is 489. The Morgan fingerprint density at radius 3 is 2.24 bits per heavy atom. The van der Waals surface area contributed by atoms with E-state index in [0.29, 0.717) is 5.76 Å². The van der Waals surface area contributed by atoms with Crippen LogP contribution in [0.3, 0.4) is 0 Å². The van der Waals surface area contributed by atoms with Crippen molar-refractivity contribution in [2.24, 2.45) is 5.41 Å². The monoisotopic (exact) mass is 295 g/mol. The van der Waals surface area contributed by atoms with Crippen LogP contribution in [0.1, 0.15) is 26.5 Å². The zero-order valence-corrected chi connectivity index (χ0v) is 12.5. The first-order valence-electron chi connectivity index (χ1n) is 6.63.